The van der Waals surface area contributed by atoms with Gasteiger partial charge in [0.2, 0.25) is 11.8 Å². The summed E-state index contributed by atoms with van der Waals surface area (Å²) in [4.78, 5) is 35.0. The number of carbonyl (C=O) groups is 2. The number of amides is 2. The zero-order valence-corrected chi connectivity index (χ0v) is 17.9. The maximum Gasteiger partial charge on any atom is 0.244 e. The molecule has 30 heavy (non-hydrogen) atoms. The van der Waals surface area contributed by atoms with Crippen molar-refractivity contribution in [1.29, 1.82) is 0 Å². The van der Waals surface area contributed by atoms with Crippen molar-refractivity contribution in [3.63, 3.8) is 0 Å². The van der Waals surface area contributed by atoms with Gasteiger partial charge in [-0.25, -0.2) is 5.48 Å². The van der Waals surface area contributed by atoms with Gasteiger partial charge in [-0.15, -0.1) is 0 Å². The number of anilines is 1. The Bertz CT molecular complexity index is 789. The highest BCUT2D eigenvalue weighted by Crippen LogP contribution is 2.46. The van der Waals surface area contributed by atoms with E-state index in [1.54, 1.807) is 0 Å². The molecule has 162 valence electrons. The standard InChI is InChI=1S/C24H33N3O3/c1-30-25-22(28)15-20-19-7-2-3-8-21(19)27(24(20)29)18-11-13-26(14-12-18)23-16-5-4-6-17(23)10-9-16/h2-3,7-8,16-18,20,23H,4-6,9-15H2,1H3,(H,25,28). The minimum atomic E-state index is -0.413. The number of rotatable bonds is 5. The number of hydrogen-bond donors (Lipinski definition) is 1. The van der Waals surface area contributed by atoms with E-state index in [-0.39, 0.29) is 24.3 Å². The zero-order chi connectivity index (χ0) is 20.7. The number of nitrogens with zero attached hydrogens (tertiary/aromatic N) is 2. The maximum absolute atomic E-state index is 13.4. The molecule has 3 atom stereocenters. The second kappa shape index (κ2) is 8.31. The van der Waals surface area contributed by atoms with Crippen molar-refractivity contribution in [2.75, 3.05) is 25.1 Å². The zero-order valence-electron chi connectivity index (χ0n) is 17.9. The fourth-order valence-corrected chi connectivity index (χ4v) is 6.80. The molecular weight excluding hydrogens is 378 g/mol. The predicted octanol–water partition coefficient (Wildman–Crippen LogP) is 3.23. The Hall–Kier alpha value is -1.92. The topological polar surface area (TPSA) is 61.9 Å². The summed E-state index contributed by atoms with van der Waals surface area (Å²) in [6.45, 7) is 2.17. The summed E-state index contributed by atoms with van der Waals surface area (Å²) in [5.74, 6) is 1.20. The van der Waals surface area contributed by atoms with E-state index in [2.05, 4.69) is 10.4 Å². The fraction of sp³-hybridized carbons (Fsp3) is 0.667. The van der Waals surface area contributed by atoms with Gasteiger partial charge in [0.05, 0.1) is 13.0 Å². The summed E-state index contributed by atoms with van der Waals surface area (Å²) in [6.07, 6.45) is 9.23. The quantitative estimate of drug-likeness (QED) is 0.756. The Kier molecular flexibility index (Phi) is 5.54. The van der Waals surface area contributed by atoms with Crippen LogP contribution in [0.2, 0.25) is 0 Å². The van der Waals surface area contributed by atoms with Crippen molar-refractivity contribution >= 4 is 17.5 Å². The molecule has 2 amide bonds. The van der Waals surface area contributed by atoms with E-state index in [4.69, 9.17) is 4.84 Å². The molecule has 3 fully saturated rings. The van der Waals surface area contributed by atoms with E-state index < -0.39 is 5.92 Å². The van der Waals surface area contributed by atoms with Gasteiger partial charge in [0.1, 0.15) is 0 Å². The first-order valence-electron chi connectivity index (χ1n) is 11.6. The van der Waals surface area contributed by atoms with Crippen molar-refractivity contribution < 1.29 is 14.4 Å². The molecule has 5 rings (SSSR count). The summed E-state index contributed by atoms with van der Waals surface area (Å²) in [5, 5.41) is 0. The molecule has 2 bridgehead atoms. The number of likely N-dealkylation sites (tertiary alicyclic amines) is 1. The summed E-state index contributed by atoms with van der Waals surface area (Å²) in [5.41, 5.74) is 4.33. The molecule has 2 saturated carbocycles. The summed E-state index contributed by atoms with van der Waals surface area (Å²) >= 11 is 0. The van der Waals surface area contributed by atoms with Gasteiger partial charge in [-0.2, -0.15) is 0 Å². The number of fused-ring (bicyclic) bond motifs is 3. The molecule has 0 aromatic heterocycles. The Morgan fingerprint density at radius 1 is 1.07 bits per heavy atom. The first-order valence-corrected chi connectivity index (χ1v) is 11.6. The lowest BCUT2D eigenvalue weighted by Crippen LogP contribution is -2.52. The lowest BCUT2D eigenvalue weighted by Gasteiger charge is -2.44. The average Bonchev–Trinajstić information content (AvgIpc) is 3.17. The molecule has 1 N–H and O–H groups in total. The van der Waals surface area contributed by atoms with Crippen LogP contribution in [0.15, 0.2) is 24.3 Å². The summed E-state index contributed by atoms with van der Waals surface area (Å²) in [7, 11) is 1.42. The van der Waals surface area contributed by atoms with E-state index in [1.165, 1.54) is 39.2 Å². The number of hydroxylamine groups is 1. The summed E-state index contributed by atoms with van der Waals surface area (Å²) in [6, 6.07) is 8.99. The normalized spacial score (nSPS) is 31.8. The molecule has 6 heteroatoms. The number of para-hydroxylation sites is 1. The van der Waals surface area contributed by atoms with Crippen molar-refractivity contribution in [3.05, 3.63) is 29.8 Å². The number of hydrogen-bond acceptors (Lipinski definition) is 4. The minimum absolute atomic E-state index is 0.0682. The highest BCUT2D eigenvalue weighted by Gasteiger charge is 2.45. The number of nitrogens with one attached hydrogen (secondary N) is 1. The SMILES string of the molecule is CONC(=O)CC1C(=O)N(C2CCN(C3C4CCCC3CC4)CC2)c2ccccc21. The van der Waals surface area contributed by atoms with Crippen LogP contribution in [0.5, 0.6) is 0 Å². The lowest BCUT2D eigenvalue weighted by atomic mass is 9.82. The number of benzene rings is 1. The molecule has 2 heterocycles. The molecule has 4 aliphatic rings. The maximum atomic E-state index is 13.4. The second-order valence-electron chi connectivity index (χ2n) is 9.54. The molecule has 0 radical (unpaired) electrons. The number of piperidine rings is 1. The predicted molar refractivity (Wildman–Crippen MR) is 115 cm³/mol. The first kappa shape index (κ1) is 20.0. The molecule has 6 nitrogen and oxygen atoms in total. The largest absolute Gasteiger partial charge is 0.308 e. The number of carbonyl (C=O) groups excluding carboxylic acids is 2. The Labute approximate surface area is 178 Å². The van der Waals surface area contributed by atoms with Crippen LogP contribution < -0.4 is 10.4 Å². The first-order chi connectivity index (χ1) is 14.7. The Morgan fingerprint density at radius 3 is 2.47 bits per heavy atom. The summed E-state index contributed by atoms with van der Waals surface area (Å²) < 4.78 is 0. The molecule has 2 aliphatic heterocycles. The minimum Gasteiger partial charge on any atom is -0.308 e. The third kappa shape index (κ3) is 3.44. The van der Waals surface area contributed by atoms with Crippen LogP contribution in [0, 0.1) is 11.8 Å². The molecule has 1 aromatic rings. The van der Waals surface area contributed by atoms with Crippen molar-refractivity contribution in [3.8, 4) is 0 Å². The molecule has 3 unspecified atom stereocenters. The molecular formula is C24H33N3O3. The van der Waals surface area contributed by atoms with Crippen LogP contribution in [0.4, 0.5) is 5.69 Å². The van der Waals surface area contributed by atoms with Crippen LogP contribution in [0.1, 0.15) is 62.8 Å². The Morgan fingerprint density at radius 2 is 1.77 bits per heavy atom. The molecule has 2 aliphatic carbocycles. The van der Waals surface area contributed by atoms with Crippen LogP contribution in [-0.2, 0) is 14.4 Å². The van der Waals surface area contributed by atoms with Gasteiger partial charge in [0.25, 0.3) is 0 Å². The van der Waals surface area contributed by atoms with Crippen molar-refractivity contribution in [2.45, 2.75) is 69.4 Å². The van der Waals surface area contributed by atoms with Gasteiger partial charge in [-0.3, -0.25) is 19.3 Å². The highest BCUT2D eigenvalue weighted by atomic mass is 16.6. The van der Waals surface area contributed by atoms with Crippen LogP contribution in [-0.4, -0.2) is 49.0 Å². The van der Waals surface area contributed by atoms with E-state index >= 15 is 0 Å². The van der Waals surface area contributed by atoms with E-state index in [0.717, 1.165) is 55.1 Å². The smallest absolute Gasteiger partial charge is 0.244 e. The lowest BCUT2D eigenvalue weighted by molar-refractivity contribution is -0.133. The van der Waals surface area contributed by atoms with Crippen LogP contribution in [0.25, 0.3) is 0 Å². The molecule has 0 spiro atoms. The average molecular weight is 412 g/mol. The van der Waals surface area contributed by atoms with E-state index in [0.29, 0.717) is 0 Å². The highest BCUT2D eigenvalue weighted by molar-refractivity contribution is 6.07. The fourth-order valence-electron chi connectivity index (χ4n) is 6.80. The third-order valence-corrected chi connectivity index (χ3v) is 8.02. The third-order valence-electron chi connectivity index (χ3n) is 8.02. The van der Waals surface area contributed by atoms with E-state index in [9.17, 15) is 9.59 Å². The molecule has 1 aromatic carbocycles. The van der Waals surface area contributed by atoms with Gasteiger partial charge in [-0.1, -0.05) is 24.6 Å². The van der Waals surface area contributed by atoms with Crippen molar-refractivity contribution in [1.82, 2.24) is 10.4 Å². The van der Waals surface area contributed by atoms with Crippen LogP contribution >= 0.6 is 0 Å². The van der Waals surface area contributed by atoms with Crippen LogP contribution in [0.3, 0.4) is 0 Å². The Balaban J connectivity index is 1.29. The molecule has 1 saturated heterocycles. The van der Waals surface area contributed by atoms with Gasteiger partial charge in [0.15, 0.2) is 0 Å². The van der Waals surface area contributed by atoms with Crippen molar-refractivity contribution in [2.24, 2.45) is 11.8 Å². The van der Waals surface area contributed by atoms with Gasteiger partial charge >= 0.3 is 0 Å². The van der Waals surface area contributed by atoms with E-state index in [1.807, 2.05) is 29.2 Å². The second-order valence-corrected chi connectivity index (χ2v) is 9.54. The van der Waals surface area contributed by atoms with Gasteiger partial charge in [0, 0.05) is 37.3 Å². The monoisotopic (exact) mass is 411 g/mol. The van der Waals surface area contributed by atoms with Gasteiger partial charge < -0.3 is 4.90 Å². The van der Waals surface area contributed by atoms with Gasteiger partial charge in [-0.05, 0) is 62.0 Å².